The first kappa shape index (κ1) is 21.1. The van der Waals surface area contributed by atoms with Gasteiger partial charge in [-0.25, -0.2) is 4.79 Å². The van der Waals surface area contributed by atoms with Gasteiger partial charge in [-0.05, 0) is 44.7 Å². The van der Waals surface area contributed by atoms with Crippen LogP contribution in [0.1, 0.15) is 31.9 Å². The number of cyclic esters (lactones) is 1. The average Bonchev–Trinajstić information content (AvgIpc) is 3.16. The van der Waals surface area contributed by atoms with Gasteiger partial charge in [0.1, 0.15) is 17.1 Å². The molecule has 1 amide bonds. The van der Waals surface area contributed by atoms with Crippen molar-refractivity contribution < 1.29 is 23.9 Å². The third kappa shape index (κ3) is 4.20. The second-order valence-corrected chi connectivity index (χ2v) is 9.29. The molecule has 162 valence electrons. The first-order valence-electron chi connectivity index (χ1n) is 10.5. The molecule has 4 rings (SSSR count). The van der Waals surface area contributed by atoms with Crippen molar-refractivity contribution in [1.82, 2.24) is 5.32 Å². The van der Waals surface area contributed by atoms with Crippen molar-refractivity contribution in [2.75, 3.05) is 0 Å². The van der Waals surface area contributed by atoms with Crippen LogP contribution < -0.4 is 5.32 Å². The van der Waals surface area contributed by atoms with E-state index in [4.69, 9.17) is 9.47 Å². The molecule has 2 aliphatic rings. The van der Waals surface area contributed by atoms with Crippen LogP contribution in [-0.4, -0.2) is 35.6 Å². The number of amides is 1. The molecular weight excluding hydrogens is 394 g/mol. The Balaban J connectivity index is 1.57. The van der Waals surface area contributed by atoms with Gasteiger partial charge in [-0.1, -0.05) is 60.7 Å². The lowest BCUT2D eigenvalue weighted by Crippen LogP contribution is -2.48. The minimum atomic E-state index is -1.14. The number of hydrogen-bond acceptors (Lipinski definition) is 5. The van der Waals surface area contributed by atoms with Crippen LogP contribution in [0.4, 0.5) is 4.79 Å². The number of rotatable bonds is 6. The van der Waals surface area contributed by atoms with Gasteiger partial charge in [0, 0.05) is 0 Å². The van der Waals surface area contributed by atoms with Crippen LogP contribution in [0.2, 0.25) is 0 Å². The maximum atomic E-state index is 12.9. The highest BCUT2D eigenvalue weighted by atomic mass is 16.6. The number of fused-ring (bicyclic) bond motifs is 1. The van der Waals surface area contributed by atoms with E-state index < -0.39 is 41.1 Å². The fraction of sp³-hybridized carbons (Fsp3) is 0.400. The maximum Gasteiger partial charge on any atom is 0.408 e. The molecule has 0 radical (unpaired) electrons. The van der Waals surface area contributed by atoms with Crippen molar-refractivity contribution in [3.05, 3.63) is 71.8 Å². The maximum absolute atomic E-state index is 12.9. The summed E-state index contributed by atoms with van der Waals surface area (Å²) in [6.45, 7) is 5.34. The number of benzene rings is 2. The fourth-order valence-corrected chi connectivity index (χ4v) is 4.40. The van der Waals surface area contributed by atoms with Crippen LogP contribution in [-0.2, 0) is 31.9 Å². The lowest BCUT2D eigenvalue weighted by molar-refractivity contribution is -0.152. The summed E-state index contributed by atoms with van der Waals surface area (Å²) in [4.78, 5) is 38.2. The summed E-state index contributed by atoms with van der Waals surface area (Å²) in [6, 6.07) is 18.5. The van der Waals surface area contributed by atoms with Crippen LogP contribution in [0, 0.1) is 11.3 Å². The number of Topliss-reactive ketones (excluding diaryl/α,β-unsaturated/α-hetero) is 1. The summed E-state index contributed by atoms with van der Waals surface area (Å²) in [5.74, 6) is -1.18. The Bertz CT molecular complexity index is 982. The van der Waals surface area contributed by atoms with E-state index in [-0.39, 0.29) is 5.78 Å². The molecule has 1 aliphatic carbocycles. The zero-order valence-electron chi connectivity index (χ0n) is 18.0. The number of ether oxygens (including phenoxy) is 2. The van der Waals surface area contributed by atoms with E-state index in [9.17, 15) is 14.4 Å². The molecule has 0 spiro atoms. The Labute approximate surface area is 181 Å². The molecule has 6 nitrogen and oxygen atoms in total. The zero-order chi connectivity index (χ0) is 22.2. The molecule has 31 heavy (non-hydrogen) atoms. The molecule has 0 aromatic heterocycles. The van der Waals surface area contributed by atoms with Gasteiger partial charge in [0.25, 0.3) is 0 Å². The molecule has 1 heterocycles. The van der Waals surface area contributed by atoms with Gasteiger partial charge in [-0.3, -0.25) is 9.59 Å². The van der Waals surface area contributed by atoms with Crippen LogP contribution in [0.5, 0.6) is 0 Å². The standard InChI is InChI=1S/C25H27NO5/c1-24(2,3)31-23(29)26-18(14-16-10-6-4-7-11-16)20-19-21(27)25(19,22(28)30-20)15-17-12-8-5-9-13-17/h4-13,18-20H,14-15H2,1-3H3,(H,26,29)/t18-,19?,20+,25+/m0/s1. The van der Waals surface area contributed by atoms with E-state index in [1.165, 1.54) is 0 Å². The van der Waals surface area contributed by atoms with Crippen LogP contribution in [0.3, 0.4) is 0 Å². The van der Waals surface area contributed by atoms with E-state index in [0.717, 1.165) is 11.1 Å². The van der Waals surface area contributed by atoms with E-state index in [1.54, 1.807) is 20.8 Å². The first-order chi connectivity index (χ1) is 14.7. The molecule has 1 saturated heterocycles. The van der Waals surface area contributed by atoms with Gasteiger partial charge in [-0.15, -0.1) is 0 Å². The Morgan fingerprint density at radius 1 is 1.03 bits per heavy atom. The highest BCUT2D eigenvalue weighted by molar-refractivity contribution is 6.22. The van der Waals surface area contributed by atoms with Crippen molar-refractivity contribution in [3.63, 3.8) is 0 Å². The van der Waals surface area contributed by atoms with Gasteiger partial charge in [0.2, 0.25) is 0 Å². The lowest BCUT2D eigenvalue weighted by atomic mass is 9.91. The monoisotopic (exact) mass is 421 g/mol. The van der Waals surface area contributed by atoms with E-state index in [1.807, 2.05) is 60.7 Å². The predicted molar refractivity (Wildman–Crippen MR) is 114 cm³/mol. The molecule has 2 aromatic rings. The first-order valence-corrected chi connectivity index (χ1v) is 10.5. The highest BCUT2D eigenvalue weighted by Crippen LogP contribution is 2.59. The SMILES string of the molecule is CC(C)(C)OC(=O)N[C@@H](Cc1ccccc1)[C@H]1OC(=O)[C@@]2(Cc3ccccc3)C(=O)C12. The molecule has 0 bridgehead atoms. The molecule has 1 N–H and O–H groups in total. The molecule has 1 unspecified atom stereocenters. The summed E-state index contributed by atoms with van der Waals surface area (Å²) < 4.78 is 11.1. The van der Waals surface area contributed by atoms with Gasteiger partial charge >= 0.3 is 12.1 Å². The molecule has 1 saturated carbocycles. The largest absolute Gasteiger partial charge is 0.459 e. The van der Waals surface area contributed by atoms with Gasteiger partial charge < -0.3 is 14.8 Å². The minimum absolute atomic E-state index is 0.110. The number of carbonyl (C=O) groups is 3. The second kappa shape index (κ2) is 7.84. The number of esters is 1. The van der Waals surface area contributed by atoms with Crippen molar-refractivity contribution >= 4 is 17.8 Å². The average molecular weight is 421 g/mol. The highest BCUT2D eigenvalue weighted by Gasteiger charge is 2.79. The van der Waals surface area contributed by atoms with Crippen LogP contribution in [0.15, 0.2) is 60.7 Å². The fourth-order valence-electron chi connectivity index (χ4n) is 4.40. The number of carbonyl (C=O) groups excluding carboxylic acids is 3. The van der Waals surface area contributed by atoms with Crippen molar-refractivity contribution in [1.29, 1.82) is 0 Å². The molecule has 6 heteroatoms. The van der Waals surface area contributed by atoms with Gasteiger partial charge in [0.05, 0.1) is 12.0 Å². The Hall–Kier alpha value is -3.15. The van der Waals surface area contributed by atoms with E-state index in [0.29, 0.717) is 12.8 Å². The Kier molecular flexibility index (Phi) is 5.33. The Morgan fingerprint density at radius 2 is 1.61 bits per heavy atom. The zero-order valence-corrected chi connectivity index (χ0v) is 18.0. The quantitative estimate of drug-likeness (QED) is 0.571. The molecule has 4 atom stereocenters. The molecule has 2 fully saturated rings. The number of ketones is 1. The van der Waals surface area contributed by atoms with Gasteiger partial charge in [-0.2, -0.15) is 0 Å². The van der Waals surface area contributed by atoms with Crippen molar-refractivity contribution in [3.8, 4) is 0 Å². The second-order valence-electron chi connectivity index (χ2n) is 9.29. The summed E-state index contributed by atoms with van der Waals surface area (Å²) in [6.07, 6.45) is -0.588. The Morgan fingerprint density at radius 3 is 2.16 bits per heavy atom. The minimum Gasteiger partial charge on any atom is -0.459 e. The predicted octanol–water partition coefficient (Wildman–Crippen LogP) is 3.48. The molecular formula is C25H27NO5. The lowest BCUT2D eigenvalue weighted by Gasteiger charge is -2.27. The van der Waals surface area contributed by atoms with Crippen LogP contribution >= 0.6 is 0 Å². The van der Waals surface area contributed by atoms with Crippen molar-refractivity contribution in [2.24, 2.45) is 11.3 Å². The topological polar surface area (TPSA) is 81.7 Å². The molecule has 2 aromatic carbocycles. The number of alkyl carbamates (subject to hydrolysis) is 1. The summed E-state index contributed by atoms with van der Waals surface area (Å²) >= 11 is 0. The number of hydrogen-bond donors (Lipinski definition) is 1. The van der Waals surface area contributed by atoms with Gasteiger partial charge in [0.15, 0.2) is 5.78 Å². The van der Waals surface area contributed by atoms with Crippen LogP contribution in [0.25, 0.3) is 0 Å². The van der Waals surface area contributed by atoms with E-state index in [2.05, 4.69) is 5.32 Å². The smallest absolute Gasteiger partial charge is 0.408 e. The summed E-state index contributed by atoms with van der Waals surface area (Å²) in [5, 5.41) is 2.85. The van der Waals surface area contributed by atoms with E-state index >= 15 is 0 Å². The normalized spacial score (nSPS) is 25.4. The summed E-state index contributed by atoms with van der Waals surface area (Å²) in [7, 11) is 0. The third-order valence-electron chi connectivity index (χ3n) is 5.83. The summed E-state index contributed by atoms with van der Waals surface area (Å²) in [5.41, 5.74) is 0.0699. The third-order valence-corrected chi connectivity index (χ3v) is 5.83. The van der Waals surface area contributed by atoms with Crippen molar-refractivity contribution in [2.45, 2.75) is 51.4 Å². The molecule has 1 aliphatic heterocycles. The number of nitrogens with one attached hydrogen (secondary N) is 1.